The van der Waals surface area contributed by atoms with Crippen LogP contribution in [0.25, 0.3) is 0 Å². The third-order valence-electron chi connectivity index (χ3n) is 1.53. The van der Waals surface area contributed by atoms with Crippen molar-refractivity contribution in [1.82, 2.24) is 9.34 Å². The van der Waals surface area contributed by atoms with Crippen molar-refractivity contribution < 1.29 is 0 Å². The van der Waals surface area contributed by atoms with Crippen LogP contribution in [0, 0.1) is 0 Å². The van der Waals surface area contributed by atoms with Crippen molar-refractivity contribution in [1.29, 1.82) is 0 Å². The van der Waals surface area contributed by atoms with Gasteiger partial charge in [-0.2, -0.15) is 0 Å². The van der Waals surface area contributed by atoms with Crippen molar-refractivity contribution in [3.05, 3.63) is 0 Å². The molecule has 0 radical (unpaired) electrons. The van der Waals surface area contributed by atoms with E-state index in [-0.39, 0.29) is 8.22 Å². The lowest BCUT2D eigenvalue weighted by Gasteiger charge is -2.28. The van der Waals surface area contributed by atoms with Crippen LogP contribution in [0.3, 0.4) is 0 Å². The molecule has 0 aliphatic carbocycles. The normalized spacial score (nSPS) is 15.0. The van der Waals surface area contributed by atoms with Crippen molar-refractivity contribution in [2.45, 2.75) is 6.92 Å². The molecule has 0 aromatic carbocycles. The van der Waals surface area contributed by atoms with Gasteiger partial charge in [-0.15, -0.1) is 0 Å². The molecule has 0 aromatic rings. The quantitative estimate of drug-likeness (QED) is 0.559. The lowest BCUT2D eigenvalue weighted by molar-refractivity contribution is 0.527. The molecule has 0 N–H and O–H groups in total. The summed E-state index contributed by atoms with van der Waals surface area (Å²) in [6.45, 7) is 5.58. The van der Waals surface area contributed by atoms with Gasteiger partial charge in [-0.1, -0.05) is 6.92 Å². The first-order chi connectivity index (χ1) is 4.09. The van der Waals surface area contributed by atoms with E-state index in [1.54, 1.807) is 0 Å². The van der Waals surface area contributed by atoms with Crippen LogP contribution in [-0.2, 0) is 0 Å². The van der Waals surface area contributed by atoms with Gasteiger partial charge in [-0.3, -0.25) is 9.34 Å². The van der Waals surface area contributed by atoms with E-state index in [4.69, 9.17) is 0 Å². The monoisotopic (exact) mass is 148 g/mol. The molecule has 1 atom stereocenters. The second-order valence-electron chi connectivity index (χ2n) is 2.31. The maximum Gasteiger partial charge on any atom is 0.0353 e. The molecule has 2 nitrogen and oxygen atoms in total. The SMILES string of the molecule is CCN(C)P(C)N(C)C. The maximum absolute atomic E-state index is 2.36. The van der Waals surface area contributed by atoms with E-state index in [0.29, 0.717) is 0 Å². The van der Waals surface area contributed by atoms with E-state index < -0.39 is 0 Å². The van der Waals surface area contributed by atoms with Crippen LogP contribution in [0.5, 0.6) is 0 Å². The van der Waals surface area contributed by atoms with Crippen LogP contribution in [0.15, 0.2) is 0 Å². The van der Waals surface area contributed by atoms with Gasteiger partial charge in [0.05, 0.1) is 0 Å². The molecule has 0 amide bonds. The third kappa shape index (κ3) is 3.14. The van der Waals surface area contributed by atoms with Gasteiger partial charge in [0.2, 0.25) is 0 Å². The fourth-order valence-electron chi connectivity index (χ4n) is 0.510. The van der Waals surface area contributed by atoms with E-state index in [0.717, 1.165) is 6.54 Å². The summed E-state index contributed by atoms with van der Waals surface area (Å²) in [7, 11) is 6.37. The molecular formula is C6H17N2P. The summed E-state index contributed by atoms with van der Waals surface area (Å²) in [6, 6.07) is 0. The Hall–Kier alpha value is 0.350. The molecule has 0 saturated heterocycles. The summed E-state index contributed by atoms with van der Waals surface area (Å²) in [4.78, 5) is 0. The second kappa shape index (κ2) is 4.21. The van der Waals surface area contributed by atoms with Gasteiger partial charge in [0.15, 0.2) is 0 Å². The average Bonchev–Trinajstić information content (AvgIpc) is 1.84. The molecule has 0 heterocycles. The van der Waals surface area contributed by atoms with Crippen molar-refractivity contribution in [2.75, 3.05) is 34.4 Å². The number of rotatable bonds is 3. The molecule has 0 aromatic heterocycles. The minimum Gasteiger partial charge on any atom is -0.276 e. The first-order valence-electron chi connectivity index (χ1n) is 3.21. The van der Waals surface area contributed by atoms with Gasteiger partial charge in [0.25, 0.3) is 0 Å². The average molecular weight is 148 g/mol. The van der Waals surface area contributed by atoms with E-state index in [1.165, 1.54) is 0 Å². The smallest absolute Gasteiger partial charge is 0.0353 e. The predicted octanol–water partition coefficient (Wildman–Crippen LogP) is 1.44. The Kier molecular flexibility index (Phi) is 4.37. The van der Waals surface area contributed by atoms with Crippen LogP contribution in [0.2, 0.25) is 0 Å². The fraction of sp³-hybridized carbons (Fsp3) is 1.00. The first kappa shape index (κ1) is 9.35. The molecule has 0 fully saturated rings. The Bertz CT molecular complexity index is 75.5. The fourth-order valence-corrected chi connectivity index (χ4v) is 1.53. The van der Waals surface area contributed by atoms with Gasteiger partial charge in [-0.25, -0.2) is 0 Å². The largest absolute Gasteiger partial charge is 0.276 e. The van der Waals surface area contributed by atoms with Gasteiger partial charge in [0.1, 0.15) is 0 Å². The zero-order chi connectivity index (χ0) is 7.44. The third-order valence-corrected chi connectivity index (χ3v) is 3.96. The lowest BCUT2D eigenvalue weighted by atomic mass is 10.8. The van der Waals surface area contributed by atoms with Crippen molar-refractivity contribution in [2.24, 2.45) is 0 Å². The van der Waals surface area contributed by atoms with Gasteiger partial charge < -0.3 is 0 Å². The molecule has 0 aliphatic rings. The highest BCUT2D eigenvalue weighted by atomic mass is 31.1. The number of nitrogens with zero attached hydrogens (tertiary/aromatic N) is 2. The molecule has 9 heavy (non-hydrogen) atoms. The second-order valence-corrected chi connectivity index (χ2v) is 4.77. The molecule has 0 bridgehead atoms. The molecule has 0 aliphatic heterocycles. The standard InChI is InChI=1S/C6H17N2P/c1-6-8(4)9(5)7(2)3/h6H2,1-5H3. The lowest BCUT2D eigenvalue weighted by Crippen LogP contribution is -2.19. The van der Waals surface area contributed by atoms with Crippen molar-refractivity contribution in [3.63, 3.8) is 0 Å². The summed E-state index contributed by atoms with van der Waals surface area (Å²) in [6.07, 6.45) is 0. The van der Waals surface area contributed by atoms with Crippen LogP contribution < -0.4 is 0 Å². The Labute approximate surface area is 59.7 Å². The molecule has 3 heteroatoms. The van der Waals surface area contributed by atoms with Crippen LogP contribution in [0.1, 0.15) is 6.92 Å². The Morgan fingerprint density at radius 3 is 1.78 bits per heavy atom. The molecule has 0 rings (SSSR count). The zero-order valence-electron chi connectivity index (χ0n) is 7.05. The summed E-state index contributed by atoms with van der Waals surface area (Å²) in [5.41, 5.74) is 0. The van der Waals surface area contributed by atoms with E-state index >= 15 is 0 Å². The number of hydrogen-bond acceptors (Lipinski definition) is 2. The van der Waals surface area contributed by atoms with E-state index in [2.05, 4.69) is 44.1 Å². The molecule has 0 saturated carbocycles. The topological polar surface area (TPSA) is 6.48 Å². The Morgan fingerprint density at radius 2 is 1.67 bits per heavy atom. The van der Waals surface area contributed by atoms with Crippen molar-refractivity contribution in [3.8, 4) is 0 Å². The highest BCUT2D eigenvalue weighted by Gasteiger charge is 2.07. The molecule has 0 spiro atoms. The molecule has 56 valence electrons. The molecule has 1 unspecified atom stereocenters. The maximum atomic E-state index is 2.36. The van der Waals surface area contributed by atoms with Crippen LogP contribution >= 0.6 is 8.22 Å². The summed E-state index contributed by atoms with van der Waals surface area (Å²) in [5, 5.41) is 0. The summed E-state index contributed by atoms with van der Waals surface area (Å²) < 4.78 is 4.62. The van der Waals surface area contributed by atoms with Crippen molar-refractivity contribution >= 4 is 8.22 Å². The predicted molar refractivity (Wildman–Crippen MR) is 44.8 cm³/mol. The Balaban J connectivity index is 3.58. The van der Waals surface area contributed by atoms with Crippen LogP contribution in [-0.4, -0.2) is 43.7 Å². The molecular weight excluding hydrogens is 131 g/mol. The van der Waals surface area contributed by atoms with E-state index in [9.17, 15) is 0 Å². The van der Waals surface area contributed by atoms with Crippen LogP contribution in [0.4, 0.5) is 0 Å². The first-order valence-corrected chi connectivity index (χ1v) is 4.91. The Morgan fingerprint density at radius 1 is 1.22 bits per heavy atom. The summed E-state index contributed by atoms with van der Waals surface area (Å²) in [5.74, 6) is 0. The zero-order valence-corrected chi connectivity index (χ0v) is 7.94. The van der Waals surface area contributed by atoms with E-state index in [1.807, 2.05) is 0 Å². The minimum absolute atomic E-state index is 0.0342. The number of hydrogen-bond donors (Lipinski definition) is 0. The highest BCUT2D eigenvalue weighted by molar-refractivity contribution is 7.51. The highest BCUT2D eigenvalue weighted by Crippen LogP contribution is 2.35. The van der Waals surface area contributed by atoms with Gasteiger partial charge in [0, 0.05) is 14.8 Å². The van der Waals surface area contributed by atoms with Gasteiger partial charge in [-0.05, 0) is 27.8 Å². The minimum atomic E-state index is -0.0342. The van der Waals surface area contributed by atoms with Gasteiger partial charge >= 0.3 is 0 Å². The summed E-state index contributed by atoms with van der Waals surface area (Å²) >= 11 is 0.